The van der Waals surface area contributed by atoms with E-state index in [1.807, 2.05) is 6.92 Å². The van der Waals surface area contributed by atoms with Crippen LogP contribution in [0.4, 0.5) is 0 Å². The quantitative estimate of drug-likeness (QED) is 0.538. The van der Waals surface area contributed by atoms with E-state index in [0.29, 0.717) is 0 Å². The van der Waals surface area contributed by atoms with Crippen molar-refractivity contribution in [1.29, 1.82) is 0 Å². The van der Waals surface area contributed by atoms with Gasteiger partial charge in [-0.1, -0.05) is 6.92 Å². The molecule has 60 valence electrons. The Morgan fingerprint density at radius 2 is 1.91 bits per heavy atom. The lowest BCUT2D eigenvalue weighted by atomic mass is 10.0. The maximum Gasteiger partial charge on any atom is 0.00911 e. The van der Waals surface area contributed by atoms with Crippen LogP contribution in [-0.4, -0.2) is 0 Å². The van der Waals surface area contributed by atoms with E-state index >= 15 is 0 Å². The maximum atomic E-state index is 5.15. The van der Waals surface area contributed by atoms with E-state index in [-0.39, 0.29) is 0 Å². The number of hydrogen-bond acceptors (Lipinski definition) is 0. The van der Waals surface area contributed by atoms with Gasteiger partial charge in [-0.3, -0.25) is 0 Å². The second-order valence-corrected chi connectivity index (χ2v) is 2.81. The molecule has 11 heavy (non-hydrogen) atoms. The van der Waals surface area contributed by atoms with Crippen molar-refractivity contribution < 1.29 is 0 Å². The van der Waals surface area contributed by atoms with E-state index in [0.717, 1.165) is 25.2 Å². The van der Waals surface area contributed by atoms with Crippen LogP contribution in [0.5, 0.6) is 0 Å². The van der Waals surface area contributed by atoms with Crippen molar-refractivity contribution in [3.05, 3.63) is 0 Å². The fraction of sp³-hybridized carbons (Fsp3) is 0.636. The Balaban J connectivity index is 3.28. The molecule has 0 spiro atoms. The van der Waals surface area contributed by atoms with Gasteiger partial charge in [0.25, 0.3) is 0 Å². The van der Waals surface area contributed by atoms with Gasteiger partial charge in [-0.15, -0.1) is 24.2 Å². The third-order valence-corrected chi connectivity index (χ3v) is 1.72. The average Bonchev–Trinajstić information content (AvgIpc) is 2.01. The minimum atomic E-state index is 0.729. The lowest BCUT2D eigenvalue weighted by Crippen LogP contribution is -1.92. The predicted molar refractivity (Wildman–Crippen MR) is 49.9 cm³/mol. The maximum absolute atomic E-state index is 5.15. The van der Waals surface area contributed by atoms with E-state index in [1.165, 1.54) is 6.42 Å². The fourth-order valence-corrected chi connectivity index (χ4v) is 0.918. The van der Waals surface area contributed by atoms with Crippen molar-refractivity contribution in [3.8, 4) is 24.2 Å². The summed E-state index contributed by atoms with van der Waals surface area (Å²) in [6.07, 6.45) is 9.40. The van der Waals surface area contributed by atoms with Crippen LogP contribution in [0, 0.1) is 30.1 Å². The second kappa shape index (κ2) is 7.23. The van der Waals surface area contributed by atoms with Crippen LogP contribution in [-0.2, 0) is 0 Å². The Labute approximate surface area is 70.4 Å². The summed E-state index contributed by atoms with van der Waals surface area (Å²) in [5.74, 6) is 9.32. The molecule has 0 aliphatic rings. The monoisotopic (exact) mass is 148 g/mol. The Morgan fingerprint density at radius 1 is 1.27 bits per heavy atom. The van der Waals surface area contributed by atoms with Crippen molar-refractivity contribution >= 4 is 0 Å². The summed E-state index contributed by atoms with van der Waals surface area (Å²) in [5, 5.41) is 0. The Hall–Kier alpha value is -0.880. The summed E-state index contributed by atoms with van der Waals surface area (Å²) < 4.78 is 0. The second-order valence-electron chi connectivity index (χ2n) is 2.81. The summed E-state index contributed by atoms with van der Waals surface area (Å²) in [4.78, 5) is 0. The van der Waals surface area contributed by atoms with Gasteiger partial charge in [0.15, 0.2) is 0 Å². The number of rotatable bonds is 4. The van der Waals surface area contributed by atoms with Gasteiger partial charge in [-0.25, -0.2) is 0 Å². The first kappa shape index (κ1) is 10.1. The molecule has 1 atom stereocenters. The summed E-state index contributed by atoms with van der Waals surface area (Å²) in [5.41, 5.74) is 0. The van der Waals surface area contributed by atoms with Crippen LogP contribution >= 0.6 is 0 Å². The normalized spacial score (nSPS) is 11.0. The fourth-order valence-electron chi connectivity index (χ4n) is 0.918. The van der Waals surface area contributed by atoms with Crippen molar-refractivity contribution in [2.75, 3.05) is 0 Å². The molecule has 0 aromatic heterocycles. The molecule has 0 N–H and O–H groups in total. The molecule has 0 saturated carbocycles. The van der Waals surface area contributed by atoms with Crippen LogP contribution in [0.25, 0.3) is 0 Å². The summed E-state index contributed by atoms with van der Waals surface area (Å²) >= 11 is 0. The standard InChI is InChI=1S/C11H16/c1-4-6-8-10-11(3)9-7-5-2/h2,11H,7-10H2,1,3H3. The first-order valence-corrected chi connectivity index (χ1v) is 4.14. The first-order valence-electron chi connectivity index (χ1n) is 4.14. The molecule has 0 rings (SSSR count). The summed E-state index contributed by atoms with van der Waals surface area (Å²) in [7, 11) is 0. The molecule has 0 aromatic rings. The van der Waals surface area contributed by atoms with Gasteiger partial charge < -0.3 is 0 Å². The third-order valence-electron chi connectivity index (χ3n) is 1.72. The zero-order chi connectivity index (χ0) is 8.53. The number of hydrogen-bond donors (Lipinski definition) is 0. The number of terminal acetylenes is 1. The minimum Gasteiger partial charge on any atom is -0.120 e. The molecular weight excluding hydrogens is 132 g/mol. The average molecular weight is 148 g/mol. The SMILES string of the molecule is C#CCCC(C)CCC#CC. The van der Waals surface area contributed by atoms with Crippen molar-refractivity contribution in [1.82, 2.24) is 0 Å². The topological polar surface area (TPSA) is 0 Å². The van der Waals surface area contributed by atoms with Gasteiger partial charge in [0.2, 0.25) is 0 Å². The van der Waals surface area contributed by atoms with Gasteiger partial charge in [-0.2, -0.15) is 0 Å². The van der Waals surface area contributed by atoms with Crippen LogP contribution in [0.2, 0.25) is 0 Å². The highest BCUT2D eigenvalue weighted by Gasteiger charge is 1.98. The van der Waals surface area contributed by atoms with Crippen LogP contribution in [0.15, 0.2) is 0 Å². The zero-order valence-corrected chi connectivity index (χ0v) is 7.48. The van der Waals surface area contributed by atoms with E-state index in [1.54, 1.807) is 0 Å². The van der Waals surface area contributed by atoms with Crippen molar-refractivity contribution in [3.63, 3.8) is 0 Å². The molecule has 0 saturated heterocycles. The van der Waals surface area contributed by atoms with Gasteiger partial charge in [0.1, 0.15) is 0 Å². The van der Waals surface area contributed by atoms with Crippen molar-refractivity contribution in [2.45, 2.75) is 39.5 Å². The highest BCUT2D eigenvalue weighted by molar-refractivity contribution is 4.95. The molecule has 1 unspecified atom stereocenters. The highest BCUT2D eigenvalue weighted by Crippen LogP contribution is 2.10. The molecule has 0 heteroatoms. The molecule has 0 radical (unpaired) electrons. The molecule has 0 bridgehead atoms. The summed E-state index contributed by atoms with van der Waals surface area (Å²) in [6, 6.07) is 0. The lowest BCUT2D eigenvalue weighted by Gasteiger charge is -2.05. The Morgan fingerprint density at radius 3 is 2.45 bits per heavy atom. The van der Waals surface area contributed by atoms with Crippen LogP contribution in [0.3, 0.4) is 0 Å². The van der Waals surface area contributed by atoms with E-state index in [4.69, 9.17) is 6.42 Å². The molecular formula is C11H16. The Kier molecular flexibility index (Phi) is 6.65. The van der Waals surface area contributed by atoms with E-state index in [9.17, 15) is 0 Å². The van der Waals surface area contributed by atoms with Crippen molar-refractivity contribution in [2.24, 2.45) is 5.92 Å². The molecule has 0 heterocycles. The molecule has 0 amide bonds. The molecule has 0 aliphatic heterocycles. The predicted octanol–water partition coefficient (Wildman–Crippen LogP) is 2.84. The van der Waals surface area contributed by atoms with Crippen LogP contribution < -0.4 is 0 Å². The van der Waals surface area contributed by atoms with Gasteiger partial charge in [0.05, 0.1) is 0 Å². The molecule has 0 fully saturated rings. The molecule has 0 aromatic carbocycles. The highest BCUT2D eigenvalue weighted by atomic mass is 14.0. The Bertz CT molecular complexity index is 172. The first-order chi connectivity index (χ1) is 5.31. The lowest BCUT2D eigenvalue weighted by molar-refractivity contribution is 0.508. The van der Waals surface area contributed by atoms with E-state index < -0.39 is 0 Å². The van der Waals surface area contributed by atoms with Gasteiger partial charge >= 0.3 is 0 Å². The zero-order valence-electron chi connectivity index (χ0n) is 7.48. The van der Waals surface area contributed by atoms with Gasteiger partial charge in [0, 0.05) is 12.8 Å². The largest absolute Gasteiger partial charge is 0.120 e. The minimum absolute atomic E-state index is 0.729. The van der Waals surface area contributed by atoms with Gasteiger partial charge in [-0.05, 0) is 25.7 Å². The smallest absolute Gasteiger partial charge is 0.00911 e. The molecule has 0 nitrogen and oxygen atoms in total. The van der Waals surface area contributed by atoms with Crippen LogP contribution in [0.1, 0.15) is 39.5 Å². The third kappa shape index (κ3) is 7.01. The van der Waals surface area contributed by atoms with E-state index in [2.05, 4.69) is 24.7 Å². The molecule has 0 aliphatic carbocycles. The summed E-state index contributed by atoms with van der Waals surface area (Å²) in [6.45, 7) is 4.11.